The summed E-state index contributed by atoms with van der Waals surface area (Å²) in [7, 11) is 0. The zero-order valence-electron chi connectivity index (χ0n) is 9.59. The second kappa shape index (κ2) is 6.85. The van der Waals surface area contributed by atoms with Crippen LogP contribution < -0.4 is 0 Å². The minimum absolute atomic E-state index is 0.125. The maximum Gasteiger partial charge on any atom is 0.330 e. The van der Waals surface area contributed by atoms with Gasteiger partial charge < -0.3 is 14.2 Å². The second-order valence-corrected chi connectivity index (χ2v) is 3.67. The molecule has 0 bridgehead atoms. The third-order valence-corrected chi connectivity index (χ3v) is 2.09. The monoisotopic (exact) mass is 240 g/mol. The fourth-order valence-electron chi connectivity index (χ4n) is 0.896. The summed E-state index contributed by atoms with van der Waals surface area (Å²) in [6.45, 7) is 7.59. The zero-order valence-corrected chi connectivity index (χ0v) is 9.59. The first-order valence-corrected chi connectivity index (χ1v) is 5.39. The lowest BCUT2D eigenvalue weighted by molar-refractivity contribution is -0.139. The van der Waals surface area contributed by atoms with Crippen molar-refractivity contribution in [2.24, 2.45) is 5.92 Å². The van der Waals surface area contributed by atoms with Gasteiger partial charge in [0.25, 0.3) is 0 Å². The number of esters is 2. The van der Waals surface area contributed by atoms with E-state index in [0.29, 0.717) is 13.2 Å². The van der Waals surface area contributed by atoms with Gasteiger partial charge in [0.1, 0.15) is 12.7 Å². The molecule has 0 aromatic rings. The molecular weight excluding hydrogens is 224 g/mol. The van der Waals surface area contributed by atoms with E-state index in [1.54, 1.807) is 0 Å². The Balaban J connectivity index is 0.000000171. The van der Waals surface area contributed by atoms with Crippen LogP contribution in [0.4, 0.5) is 0 Å². The van der Waals surface area contributed by atoms with Gasteiger partial charge in [-0.2, -0.15) is 0 Å². The summed E-state index contributed by atoms with van der Waals surface area (Å²) >= 11 is 0. The smallest absolute Gasteiger partial charge is 0.330 e. The van der Waals surface area contributed by atoms with Gasteiger partial charge in [-0.05, 0) is 12.8 Å². The van der Waals surface area contributed by atoms with Gasteiger partial charge in [0.05, 0.1) is 18.8 Å². The molecule has 0 spiro atoms. The summed E-state index contributed by atoms with van der Waals surface area (Å²) in [4.78, 5) is 20.9. The molecule has 0 aromatic carbocycles. The van der Waals surface area contributed by atoms with E-state index in [9.17, 15) is 9.59 Å². The number of hydrogen-bond donors (Lipinski definition) is 0. The molecule has 1 aliphatic carbocycles. The molecule has 2 fully saturated rings. The summed E-state index contributed by atoms with van der Waals surface area (Å²) in [6.07, 6.45) is 4.46. The molecule has 0 aromatic heterocycles. The van der Waals surface area contributed by atoms with E-state index < -0.39 is 0 Å². The molecule has 0 amide bonds. The standard InChI is InChI=1S/C6H8O3.C6H8O2/c1-2-6(7)9-4-5-3-8-5;1-2-8-6(7)5-3-4-5/h2,5H,1,3-4H2;2,5H,1,3-4H2. The highest BCUT2D eigenvalue weighted by Crippen LogP contribution is 2.29. The molecule has 94 valence electrons. The number of hydrogen-bond acceptors (Lipinski definition) is 5. The minimum Gasteiger partial charge on any atom is -0.460 e. The highest BCUT2D eigenvalue weighted by atomic mass is 16.6. The summed E-state index contributed by atoms with van der Waals surface area (Å²) in [5.41, 5.74) is 0. The highest BCUT2D eigenvalue weighted by molar-refractivity contribution is 5.81. The van der Waals surface area contributed by atoms with E-state index in [0.717, 1.165) is 18.9 Å². The van der Waals surface area contributed by atoms with Crippen LogP contribution in [0.5, 0.6) is 0 Å². The number of ether oxygens (including phenoxy) is 3. The van der Waals surface area contributed by atoms with Gasteiger partial charge in [-0.1, -0.05) is 13.2 Å². The fraction of sp³-hybridized carbons (Fsp3) is 0.500. The van der Waals surface area contributed by atoms with Crippen LogP contribution in [0.15, 0.2) is 25.5 Å². The normalized spacial score (nSPS) is 20.4. The Hall–Kier alpha value is -1.62. The Morgan fingerprint density at radius 2 is 2.00 bits per heavy atom. The van der Waals surface area contributed by atoms with Crippen molar-refractivity contribution >= 4 is 11.9 Å². The molecule has 0 N–H and O–H groups in total. The van der Waals surface area contributed by atoms with Crippen LogP contribution in [0.2, 0.25) is 0 Å². The third kappa shape index (κ3) is 6.52. The molecule has 1 unspecified atom stereocenters. The number of carbonyl (C=O) groups excluding carboxylic acids is 2. The predicted molar refractivity (Wildman–Crippen MR) is 59.9 cm³/mol. The topological polar surface area (TPSA) is 65.1 Å². The van der Waals surface area contributed by atoms with E-state index in [1.807, 2.05) is 0 Å². The van der Waals surface area contributed by atoms with Crippen LogP contribution in [0.25, 0.3) is 0 Å². The van der Waals surface area contributed by atoms with Crippen LogP contribution in [0, 0.1) is 5.92 Å². The van der Waals surface area contributed by atoms with Crippen molar-refractivity contribution in [1.29, 1.82) is 0 Å². The van der Waals surface area contributed by atoms with Crippen molar-refractivity contribution in [3.8, 4) is 0 Å². The average Bonchev–Trinajstić information content (AvgIpc) is 3.20. The van der Waals surface area contributed by atoms with Crippen LogP contribution >= 0.6 is 0 Å². The molecule has 1 atom stereocenters. The minimum atomic E-state index is -0.384. The zero-order chi connectivity index (χ0) is 12.7. The van der Waals surface area contributed by atoms with E-state index in [-0.39, 0.29) is 24.0 Å². The molecule has 2 rings (SSSR count). The summed E-state index contributed by atoms with van der Waals surface area (Å²) in [5.74, 6) is -0.321. The molecule has 5 nitrogen and oxygen atoms in total. The maximum atomic E-state index is 10.5. The Morgan fingerprint density at radius 1 is 1.35 bits per heavy atom. The molecule has 0 radical (unpaired) electrons. The Labute approximate surface area is 100 Å². The summed E-state index contributed by atoms with van der Waals surface area (Å²) < 4.78 is 13.9. The first-order chi connectivity index (χ1) is 8.17. The molecule has 1 aliphatic heterocycles. The van der Waals surface area contributed by atoms with Crippen molar-refractivity contribution in [1.82, 2.24) is 0 Å². The quantitative estimate of drug-likeness (QED) is 0.312. The van der Waals surface area contributed by atoms with Crippen molar-refractivity contribution in [2.75, 3.05) is 13.2 Å². The Kier molecular flexibility index (Phi) is 5.42. The van der Waals surface area contributed by atoms with Gasteiger partial charge >= 0.3 is 11.9 Å². The average molecular weight is 240 g/mol. The molecule has 1 saturated carbocycles. The lowest BCUT2D eigenvalue weighted by Crippen LogP contribution is -2.06. The lowest BCUT2D eigenvalue weighted by atomic mass is 10.4. The molecule has 17 heavy (non-hydrogen) atoms. The Morgan fingerprint density at radius 3 is 2.41 bits per heavy atom. The first-order valence-electron chi connectivity index (χ1n) is 5.39. The van der Waals surface area contributed by atoms with Gasteiger partial charge in [-0.25, -0.2) is 4.79 Å². The summed E-state index contributed by atoms with van der Waals surface area (Å²) in [6, 6.07) is 0. The summed E-state index contributed by atoms with van der Waals surface area (Å²) in [5, 5.41) is 0. The van der Waals surface area contributed by atoms with Crippen LogP contribution in [-0.2, 0) is 23.8 Å². The van der Waals surface area contributed by atoms with Gasteiger partial charge in [0, 0.05) is 6.08 Å². The first kappa shape index (κ1) is 13.4. The van der Waals surface area contributed by atoms with E-state index in [2.05, 4.69) is 22.6 Å². The van der Waals surface area contributed by atoms with E-state index >= 15 is 0 Å². The SMILES string of the molecule is C=CC(=O)OCC1CO1.C=COC(=O)C1CC1. The predicted octanol–water partition coefficient (Wildman–Crippen LogP) is 1.20. The van der Waals surface area contributed by atoms with E-state index in [1.165, 1.54) is 6.26 Å². The third-order valence-electron chi connectivity index (χ3n) is 2.09. The van der Waals surface area contributed by atoms with Gasteiger partial charge in [-0.15, -0.1) is 0 Å². The second-order valence-electron chi connectivity index (χ2n) is 3.67. The number of rotatable bonds is 5. The van der Waals surface area contributed by atoms with Crippen molar-refractivity contribution in [3.05, 3.63) is 25.5 Å². The van der Waals surface area contributed by atoms with Crippen LogP contribution in [0.1, 0.15) is 12.8 Å². The van der Waals surface area contributed by atoms with E-state index in [4.69, 9.17) is 4.74 Å². The van der Waals surface area contributed by atoms with Gasteiger partial charge in [-0.3, -0.25) is 4.79 Å². The number of epoxide rings is 1. The van der Waals surface area contributed by atoms with Crippen LogP contribution in [-0.4, -0.2) is 31.3 Å². The molecule has 1 heterocycles. The highest BCUT2D eigenvalue weighted by Gasteiger charge is 2.30. The largest absolute Gasteiger partial charge is 0.460 e. The Bertz CT molecular complexity index is 302. The molecule has 5 heteroatoms. The van der Waals surface area contributed by atoms with Gasteiger partial charge in [0.15, 0.2) is 0 Å². The van der Waals surface area contributed by atoms with Crippen molar-refractivity contribution in [3.63, 3.8) is 0 Å². The number of carbonyl (C=O) groups is 2. The lowest BCUT2D eigenvalue weighted by Gasteiger charge is -1.94. The van der Waals surface area contributed by atoms with Gasteiger partial charge in [0.2, 0.25) is 0 Å². The van der Waals surface area contributed by atoms with Crippen molar-refractivity contribution < 1.29 is 23.8 Å². The van der Waals surface area contributed by atoms with Crippen LogP contribution in [0.3, 0.4) is 0 Å². The van der Waals surface area contributed by atoms with Crippen molar-refractivity contribution in [2.45, 2.75) is 18.9 Å². The fourth-order valence-corrected chi connectivity index (χ4v) is 0.896. The molecule has 2 aliphatic rings. The molecular formula is C12H16O5. The maximum absolute atomic E-state index is 10.5. The molecule has 1 saturated heterocycles.